The number of ether oxygens (including phenoxy) is 2. The Bertz CT molecular complexity index is 669. The highest BCUT2D eigenvalue weighted by molar-refractivity contribution is 6.32. The van der Waals surface area contributed by atoms with Crippen molar-refractivity contribution in [1.82, 2.24) is 15.1 Å². The van der Waals surface area contributed by atoms with E-state index in [-0.39, 0.29) is 12.8 Å². The molecule has 0 bridgehead atoms. The zero-order valence-corrected chi connectivity index (χ0v) is 13.1. The summed E-state index contributed by atoms with van der Waals surface area (Å²) in [5.74, 6) is 1.35. The topological polar surface area (TPSA) is 48.3 Å². The Labute approximate surface area is 128 Å². The Hall–Kier alpha value is -1.72. The van der Waals surface area contributed by atoms with Crippen molar-refractivity contribution in [2.45, 2.75) is 26.4 Å². The number of aromatic nitrogens is 2. The third-order valence-electron chi connectivity index (χ3n) is 3.84. The summed E-state index contributed by atoms with van der Waals surface area (Å²) in [5, 5.41) is 8.34. The van der Waals surface area contributed by atoms with Gasteiger partial charge in [0.15, 0.2) is 11.5 Å². The van der Waals surface area contributed by atoms with Crippen molar-refractivity contribution in [3.05, 3.63) is 40.2 Å². The van der Waals surface area contributed by atoms with Gasteiger partial charge in [0.1, 0.15) is 0 Å². The van der Waals surface area contributed by atoms with E-state index in [9.17, 15) is 0 Å². The lowest BCUT2D eigenvalue weighted by atomic mass is 10.1. The van der Waals surface area contributed by atoms with Gasteiger partial charge in [-0.3, -0.25) is 4.68 Å². The maximum Gasteiger partial charge on any atom is 0.231 e. The standard InChI is InChI=1S/C15H18ClN3O2/c1-9(12-7-18-19(3)10(12)2)17-6-11-4-13(16)15-14(5-11)20-8-21-15/h4-5,7,9,17H,6,8H2,1-3H3. The lowest BCUT2D eigenvalue weighted by Crippen LogP contribution is -2.18. The van der Waals surface area contributed by atoms with E-state index >= 15 is 0 Å². The van der Waals surface area contributed by atoms with Gasteiger partial charge in [0.05, 0.1) is 11.2 Å². The summed E-state index contributed by atoms with van der Waals surface area (Å²) in [4.78, 5) is 0. The summed E-state index contributed by atoms with van der Waals surface area (Å²) in [6, 6.07) is 4.08. The molecule has 2 aromatic rings. The largest absolute Gasteiger partial charge is 0.454 e. The summed E-state index contributed by atoms with van der Waals surface area (Å²) in [6.07, 6.45) is 1.90. The third-order valence-corrected chi connectivity index (χ3v) is 4.12. The molecular weight excluding hydrogens is 290 g/mol. The first-order valence-electron chi connectivity index (χ1n) is 6.86. The van der Waals surface area contributed by atoms with E-state index in [2.05, 4.69) is 24.3 Å². The molecule has 1 aromatic heterocycles. The van der Waals surface area contributed by atoms with Crippen LogP contribution in [0.4, 0.5) is 0 Å². The van der Waals surface area contributed by atoms with Crippen LogP contribution in [0.3, 0.4) is 0 Å². The van der Waals surface area contributed by atoms with Crippen molar-refractivity contribution in [3.8, 4) is 11.5 Å². The zero-order chi connectivity index (χ0) is 15.0. The van der Waals surface area contributed by atoms with Gasteiger partial charge in [0.25, 0.3) is 0 Å². The first kappa shape index (κ1) is 14.2. The van der Waals surface area contributed by atoms with Gasteiger partial charge in [-0.1, -0.05) is 11.6 Å². The number of nitrogens with one attached hydrogen (secondary N) is 1. The highest BCUT2D eigenvalue weighted by atomic mass is 35.5. The Morgan fingerprint density at radius 2 is 2.24 bits per heavy atom. The van der Waals surface area contributed by atoms with E-state index in [0.717, 1.165) is 5.56 Å². The molecule has 21 heavy (non-hydrogen) atoms. The van der Waals surface area contributed by atoms with Gasteiger partial charge in [0, 0.05) is 30.9 Å². The molecule has 2 heterocycles. The zero-order valence-electron chi connectivity index (χ0n) is 12.3. The average Bonchev–Trinajstić information content (AvgIpc) is 3.05. The molecular formula is C15H18ClN3O2. The van der Waals surface area contributed by atoms with Crippen LogP contribution in [0, 0.1) is 6.92 Å². The van der Waals surface area contributed by atoms with Crippen LogP contribution in [0.25, 0.3) is 0 Å². The number of aryl methyl sites for hydroxylation is 1. The number of rotatable bonds is 4. The molecule has 1 aromatic carbocycles. The molecule has 1 unspecified atom stereocenters. The smallest absolute Gasteiger partial charge is 0.231 e. The molecule has 0 saturated carbocycles. The summed E-state index contributed by atoms with van der Waals surface area (Å²) < 4.78 is 12.6. The molecule has 5 nitrogen and oxygen atoms in total. The molecule has 1 aliphatic heterocycles. The SMILES string of the molecule is Cc1c(C(C)NCc2cc(Cl)c3c(c2)OCO3)cnn1C. The minimum Gasteiger partial charge on any atom is -0.454 e. The summed E-state index contributed by atoms with van der Waals surface area (Å²) >= 11 is 6.19. The highest BCUT2D eigenvalue weighted by Gasteiger charge is 2.18. The van der Waals surface area contributed by atoms with Gasteiger partial charge in [0.2, 0.25) is 6.79 Å². The van der Waals surface area contributed by atoms with Crippen LogP contribution in [0.1, 0.15) is 29.8 Å². The number of hydrogen-bond acceptors (Lipinski definition) is 4. The van der Waals surface area contributed by atoms with Crippen molar-refractivity contribution in [3.63, 3.8) is 0 Å². The van der Waals surface area contributed by atoms with Crippen LogP contribution in [0.2, 0.25) is 5.02 Å². The molecule has 1 atom stereocenters. The summed E-state index contributed by atoms with van der Waals surface area (Å²) in [7, 11) is 1.95. The molecule has 0 amide bonds. The maximum atomic E-state index is 6.19. The Kier molecular flexibility index (Phi) is 3.78. The number of nitrogens with zero attached hydrogens (tertiary/aromatic N) is 2. The second-order valence-corrected chi connectivity index (χ2v) is 5.63. The van der Waals surface area contributed by atoms with Crippen LogP contribution >= 0.6 is 11.6 Å². The highest BCUT2D eigenvalue weighted by Crippen LogP contribution is 2.39. The molecule has 0 saturated heterocycles. The van der Waals surface area contributed by atoms with E-state index in [4.69, 9.17) is 21.1 Å². The monoisotopic (exact) mass is 307 g/mol. The fourth-order valence-electron chi connectivity index (χ4n) is 2.44. The molecule has 0 aliphatic carbocycles. The first-order valence-corrected chi connectivity index (χ1v) is 7.24. The molecule has 0 fully saturated rings. The maximum absolute atomic E-state index is 6.19. The Morgan fingerprint density at radius 1 is 1.43 bits per heavy atom. The number of hydrogen-bond donors (Lipinski definition) is 1. The second-order valence-electron chi connectivity index (χ2n) is 5.22. The summed E-state index contributed by atoms with van der Waals surface area (Å²) in [6.45, 7) is 5.12. The lowest BCUT2D eigenvalue weighted by molar-refractivity contribution is 0.174. The molecule has 1 aliphatic rings. The minimum atomic E-state index is 0.211. The van der Waals surface area contributed by atoms with Gasteiger partial charge in [-0.2, -0.15) is 5.10 Å². The van der Waals surface area contributed by atoms with Crippen LogP contribution in [0.15, 0.2) is 18.3 Å². The van der Waals surface area contributed by atoms with E-state index in [0.29, 0.717) is 23.1 Å². The Balaban J connectivity index is 1.70. The molecule has 0 radical (unpaired) electrons. The number of halogens is 1. The minimum absolute atomic E-state index is 0.211. The normalized spacial score (nSPS) is 14.5. The van der Waals surface area contributed by atoms with Crippen LogP contribution < -0.4 is 14.8 Å². The van der Waals surface area contributed by atoms with Crippen LogP contribution in [-0.4, -0.2) is 16.6 Å². The Morgan fingerprint density at radius 3 is 2.95 bits per heavy atom. The molecule has 3 rings (SSSR count). The van der Waals surface area contributed by atoms with Gasteiger partial charge < -0.3 is 14.8 Å². The van der Waals surface area contributed by atoms with E-state index in [1.807, 2.05) is 30.1 Å². The van der Waals surface area contributed by atoms with Crippen molar-refractivity contribution in [2.24, 2.45) is 7.05 Å². The third kappa shape index (κ3) is 2.71. The van der Waals surface area contributed by atoms with E-state index in [1.54, 1.807) is 0 Å². The van der Waals surface area contributed by atoms with E-state index in [1.165, 1.54) is 11.3 Å². The van der Waals surface area contributed by atoms with Crippen molar-refractivity contribution < 1.29 is 9.47 Å². The number of benzene rings is 1. The van der Waals surface area contributed by atoms with Gasteiger partial charge in [-0.15, -0.1) is 0 Å². The molecule has 112 valence electrons. The van der Waals surface area contributed by atoms with Crippen molar-refractivity contribution >= 4 is 11.6 Å². The second kappa shape index (κ2) is 5.58. The average molecular weight is 308 g/mol. The fraction of sp³-hybridized carbons (Fsp3) is 0.400. The van der Waals surface area contributed by atoms with Crippen LogP contribution in [0.5, 0.6) is 11.5 Å². The molecule has 6 heteroatoms. The predicted octanol–water partition coefficient (Wildman–Crippen LogP) is 2.96. The van der Waals surface area contributed by atoms with Crippen molar-refractivity contribution in [1.29, 1.82) is 0 Å². The fourth-order valence-corrected chi connectivity index (χ4v) is 2.73. The quantitative estimate of drug-likeness (QED) is 0.943. The van der Waals surface area contributed by atoms with Crippen LogP contribution in [-0.2, 0) is 13.6 Å². The summed E-state index contributed by atoms with van der Waals surface area (Å²) in [5.41, 5.74) is 3.43. The number of fused-ring (bicyclic) bond motifs is 1. The lowest BCUT2D eigenvalue weighted by Gasteiger charge is -2.14. The molecule has 0 spiro atoms. The predicted molar refractivity (Wildman–Crippen MR) is 80.8 cm³/mol. The molecule has 1 N–H and O–H groups in total. The van der Waals surface area contributed by atoms with Gasteiger partial charge in [-0.05, 0) is 31.5 Å². The van der Waals surface area contributed by atoms with Crippen molar-refractivity contribution in [2.75, 3.05) is 6.79 Å². The van der Waals surface area contributed by atoms with Gasteiger partial charge >= 0.3 is 0 Å². The van der Waals surface area contributed by atoms with Gasteiger partial charge in [-0.25, -0.2) is 0 Å². The van der Waals surface area contributed by atoms with E-state index < -0.39 is 0 Å². The first-order chi connectivity index (χ1) is 10.1.